The first kappa shape index (κ1) is 20.0. The maximum atomic E-state index is 5.71. The van der Waals surface area contributed by atoms with Crippen molar-refractivity contribution in [1.82, 2.24) is 0 Å². The van der Waals surface area contributed by atoms with Crippen LogP contribution in [0.25, 0.3) is 0 Å². The van der Waals surface area contributed by atoms with Gasteiger partial charge in [0.1, 0.15) is 13.2 Å². The van der Waals surface area contributed by atoms with Crippen LogP contribution in [0.5, 0.6) is 11.5 Å². The summed E-state index contributed by atoms with van der Waals surface area (Å²) >= 11 is 5.63. The zero-order valence-electron chi connectivity index (χ0n) is 13.7. The fourth-order valence-corrected chi connectivity index (χ4v) is 2.14. The van der Waals surface area contributed by atoms with E-state index in [4.69, 9.17) is 36.3 Å². The highest BCUT2D eigenvalue weighted by Crippen LogP contribution is 2.26. The highest BCUT2D eigenvalue weighted by atomic mass is 35.5. The van der Waals surface area contributed by atoms with Gasteiger partial charge >= 0.3 is 0 Å². The van der Waals surface area contributed by atoms with Gasteiger partial charge in [0, 0.05) is 12.5 Å². The lowest BCUT2D eigenvalue weighted by Gasteiger charge is -2.12. The summed E-state index contributed by atoms with van der Waals surface area (Å²) in [5.41, 5.74) is 5.26. The Morgan fingerprint density at radius 1 is 0.739 bits per heavy atom. The van der Waals surface area contributed by atoms with Crippen LogP contribution in [0.4, 0.5) is 0 Å². The first-order chi connectivity index (χ1) is 11.4. The summed E-state index contributed by atoms with van der Waals surface area (Å²) in [5.74, 6) is 2.16. The van der Waals surface area contributed by atoms with Gasteiger partial charge in [0.25, 0.3) is 0 Å². The van der Waals surface area contributed by atoms with E-state index in [1.807, 2.05) is 24.3 Å². The summed E-state index contributed by atoms with van der Waals surface area (Å²) in [6.45, 7) is 2.93. The van der Waals surface area contributed by atoms with Crippen molar-refractivity contribution in [3.05, 3.63) is 24.3 Å². The lowest BCUT2D eigenvalue weighted by atomic mass is 10.2. The quantitative estimate of drug-likeness (QED) is 0.300. The van der Waals surface area contributed by atoms with Crippen LogP contribution < -0.4 is 15.2 Å². The summed E-state index contributed by atoms with van der Waals surface area (Å²) in [6.07, 6.45) is 4.48. The first-order valence-corrected chi connectivity index (χ1v) is 8.68. The Hall–Kier alpha value is -1.01. The third-order valence-electron chi connectivity index (χ3n) is 3.11. The Morgan fingerprint density at radius 3 is 1.96 bits per heavy atom. The van der Waals surface area contributed by atoms with Gasteiger partial charge in [-0.3, -0.25) is 0 Å². The standard InChI is InChI=1S/C17H28ClNO4/c18-9-5-1-2-6-10-20-11-13-22-16-7-3-4-8-17(16)23-14-12-21-15-19/h3-4,7-8H,1-2,5-6,9-15,19H2. The molecule has 0 unspecified atom stereocenters. The van der Waals surface area contributed by atoms with Crippen LogP contribution in [0, 0.1) is 0 Å². The molecule has 6 heteroatoms. The number of para-hydroxylation sites is 2. The van der Waals surface area contributed by atoms with Crippen molar-refractivity contribution >= 4 is 11.6 Å². The molecule has 23 heavy (non-hydrogen) atoms. The zero-order chi connectivity index (χ0) is 16.6. The van der Waals surface area contributed by atoms with Crippen LogP contribution in [0.15, 0.2) is 24.3 Å². The third kappa shape index (κ3) is 10.4. The van der Waals surface area contributed by atoms with E-state index in [1.165, 1.54) is 6.42 Å². The van der Waals surface area contributed by atoms with Gasteiger partial charge in [-0.1, -0.05) is 25.0 Å². The van der Waals surface area contributed by atoms with Crippen molar-refractivity contribution < 1.29 is 18.9 Å². The Kier molecular flexibility index (Phi) is 12.7. The predicted molar refractivity (Wildman–Crippen MR) is 92.4 cm³/mol. The molecule has 1 rings (SSSR count). The molecule has 0 radical (unpaired) electrons. The van der Waals surface area contributed by atoms with Gasteiger partial charge in [-0.25, -0.2) is 0 Å². The molecule has 0 bridgehead atoms. The number of alkyl halides is 1. The molecule has 1 aromatic carbocycles. The lowest BCUT2D eigenvalue weighted by molar-refractivity contribution is 0.0911. The normalized spacial score (nSPS) is 10.7. The van der Waals surface area contributed by atoms with Crippen molar-refractivity contribution in [3.63, 3.8) is 0 Å². The second-order valence-corrected chi connectivity index (χ2v) is 5.31. The molecule has 1 aromatic rings. The maximum Gasteiger partial charge on any atom is 0.161 e. The molecule has 0 aliphatic heterocycles. The number of unbranched alkanes of at least 4 members (excludes halogenated alkanes) is 3. The maximum absolute atomic E-state index is 5.71. The second-order valence-electron chi connectivity index (χ2n) is 4.93. The van der Waals surface area contributed by atoms with Crippen molar-refractivity contribution in [2.45, 2.75) is 25.7 Å². The number of nitrogens with two attached hydrogens (primary N) is 1. The lowest BCUT2D eigenvalue weighted by Crippen LogP contribution is -2.12. The summed E-state index contributed by atoms with van der Waals surface area (Å²) in [4.78, 5) is 0. The molecule has 0 atom stereocenters. The van der Waals surface area contributed by atoms with E-state index in [9.17, 15) is 0 Å². The Balaban J connectivity index is 2.11. The van der Waals surface area contributed by atoms with Gasteiger partial charge in [0.15, 0.2) is 11.5 Å². The van der Waals surface area contributed by atoms with Crippen LogP contribution in [0.3, 0.4) is 0 Å². The minimum Gasteiger partial charge on any atom is -0.487 e. The molecule has 0 aliphatic carbocycles. The van der Waals surface area contributed by atoms with Crippen LogP contribution in [0.2, 0.25) is 0 Å². The predicted octanol–water partition coefficient (Wildman–Crippen LogP) is 3.19. The molecule has 132 valence electrons. The van der Waals surface area contributed by atoms with Crippen molar-refractivity contribution in [1.29, 1.82) is 0 Å². The minimum absolute atomic E-state index is 0.199. The monoisotopic (exact) mass is 345 g/mol. The summed E-state index contributed by atoms with van der Waals surface area (Å²) in [5, 5.41) is 0. The molecule has 5 nitrogen and oxygen atoms in total. The molecule has 0 fully saturated rings. The smallest absolute Gasteiger partial charge is 0.161 e. The molecule has 2 N–H and O–H groups in total. The molecule has 0 heterocycles. The average Bonchev–Trinajstić information content (AvgIpc) is 2.58. The number of benzene rings is 1. The van der Waals surface area contributed by atoms with Gasteiger partial charge in [-0.15, -0.1) is 11.6 Å². The third-order valence-corrected chi connectivity index (χ3v) is 3.38. The van der Waals surface area contributed by atoms with Crippen molar-refractivity contribution in [2.24, 2.45) is 5.73 Å². The first-order valence-electron chi connectivity index (χ1n) is 8.14. The Labute approximate surface area is 144 Å². The number of rotatable bonds is 15. The summed E-state index contributed by atoms with van der Waals surface area (Å²) in [7, 11) is 0. The van der Waals surface area contributed by atoms with Crippen LogP contribution in [0.1, 0.15) is 25.7 Å². The molecule has 0 saturated heterocycles. The molecule has 0 amide bonds. The van der Waals surface area contributed by atoms with Crippen LogP contribution >= 0.6 is 11.6 Å². The van der Waals surface area contributed by atoms with E-state index in [1.54, 1.807) is 0 Å². The number of hydrogen-bond acceptors (Lipinski definition) is 5. The second kappa shape index (κ2) is 14.6. The molecular formula is C17H28ClNO4. The largest absolute Gasteiger partial charge is 0.487 e. The minimum atomic E-state index is 0.199. The fourth-order valence-electron chi connectivity index (χ4n) is 1.95. The van der Waals surface area contributed by atoms with Gasteiger partial charge in [0.05, 0.1) is 19.9 Å². The summed E-state index contributed by atoms with van der Waals surface area (Å²) in [6, 6.07) is 7.57. The number of ether oxygens (including phenoxy) is 4. The van der Waals surface area contributed by atoms with Crippen molar-refractivity contribution in [3.8, 4) is 11.5 Å². The van der Waals surface area contributed by atoms with E-state index < -0.39 is 0 Å². The van der Waals surface area contributed by atoms with E-state index in [0.717, 1.165) is 31.7 Å². The SMILES string of the molecule is NCOCCOc1ccccc1OCCOCCCCCCCl. The Bertz CT molecular complexity index is 393. The number of halogens is 1. The highest BCUT2D eigenvalue weighted by molar-refractivity contribution is 6.17. The van der Waals surface area contributed by atoms with Gasteiger partial charge in [-0.05, 0) is 25.0 Å². The van der Waals surface area contributed by atoms with Gasteiger partial charge in [0.2, 0.25) is 0 Å². The Morgan fingerprint density at radius 2 is 1.35 bits per heavy atom. The topological polar surface area (TPSA) is 62.9 Å². The van der Waals surface area contributed by atoms with E-state index >= 15 is 0 Å². The van der Waals surface area contributed by atoms with Crippen LogP contribution in [-0.4, -0.2) is 45.6 Å². The van der Waals surface area contributed by atoms with E-state index in [2.05, 4.69) is 0 Å². The molecular weight excluding hydrogens is 318 g/mol. The molecule has 0 aliphatic rings. The van der Waals surface area contributed by atoms with Gasteiger partial charge < -0.3 is 24.7 Å². The summed E-state index contributed by atoms with van der Waals surface area (Å²) < 4.78 is 21.9. The van der Waals surface area contributed by atoms with Gasteiger partial charge in [-0.2, -0.15) is 0 Å². The van der Waals surface area contributed by atoms with Crippen LogP contribution in [-0.2, 0) is 9.47 Å². The van der Waals surface area contributed by atoms with Crippen molar-refractivity contribution in [2.75, 3.05) is 45.6 Å². The van der Waals surface area contributed by atoms with E-state index in [0.29, 0.717) is 37.9 Å². The zero-order valence-corrected chi connectivity index (χ0v) is 14.4. The molecule has 0 saturated carbocycles. The molecule has 0 spiro atoms. The fraction of sp³-hybridized carbons (Fsp3) is 0.647. The number of hydrogen-bond donors (Lipinski definition) is 1. The highest BCUT2D eigenvalue weighted by Gasteiger charge is 2.04. The average molecular weight is 346 g/mol. The molecule has 0 aromatic heterocycles. The van der Waals surface area contributed by atoms with E-state index in [-0.39, 0.29) is 6.73 Å².